The molecule has 1 saturated heterocycles. The van der Waals surface area contributed by atoms with Crippen LogP contribution in [-0.4, -0.2) is 37.5 Å². The van der Waals surface area contributed by atoms with Crippen molar-refractivity contribution in [1.82, 2.24) is 5.01 Å². The van der Waals surface area contributed by atoms with E-state index in [9.17, 15) is 0 Å². The van der Waals surface area contributed by atoms with Gasteiger partial charge in [0.25, 0.3) is 0 Å². The molecule has 3 nitrogen and oxygen atoms in total. The minimum absolute atomic E-state index is 0.492. The van der Waals surface area contributed by atoms with E-state index in [4.69, 9.17) is 4.74 Å². The Morgan fingerprint density at radius 1 is 1.44 bits per heavy atom. The third-order valence-electron chi connectivity index (χ3n) is 3.73. The lowest BCUT2D eigenvalue weighted by Gasteiger charge is -2.21. The summed E-state index contributed by atoms with van der Waals surface area (Å²) in [4.78, 5) is 0. The van der Waals surface area contributed by atoms with Gasteiger partial charge in [0, 0.05) is 19.9 Å². The number of ether oxygens (including phenoxy) is 1. The van der Waals surface area contributed by atoms with Crippen LogP contribution in [0.3, 0.4) is 0 Å². The van der Waals surface area contributed by atoms with E-state index in [0.29, 0.717) is 12.0 Å². The minimum Gasteiger partial charge on any atom is -0.382 e. The maximum absolute atomic E-state index is 5.24. The van der Waals surface area contributed by atoms with E-state index in [-0.39, 0.29) is 0 Å². The third kappa shape index (κ3) is 5.38. The molecule has 0 aromatic carbocycles. The molecule has 1 aliphatic heterocycles. The lowest BCUT2D eigenvalue weighted by atomic mass is 9.95. The first-order chi connectivity index (χ1) is 8.67. The van der Waals surface area contributed by atoms with Gasteiger partial charge in [-0.2, -0.15) is 5.10 Å². The number of methoxy groups -OCH3 is 1. The number of hydrogen-bond acceptors (Lipinski definition) is 3. The van der Waals surface area contributed by atoms with Gasteiger partial charge in [0.1, 0.15) is 0 Å². The predicted octanol–water partition coefficient (Wildman–Crippen LogP) is 3.55. The summed E-state index contributed by atoms with van der Waals surface area (Å²) >= 11 is 0. The van der Waals surface area contributed by atoms with E-state index in [1.54, 1.807) is 7.11 Å². The van der Waals surface area contributed by atoms with Crippen LogP contribution >= 0.6 is 0 Å². The van der Waals surface area contributed by atoms with Gasteiger partial charge in [-0.3, -0.25) is 5.01 Å². The molecule has 3 atom stereocenters. The minimum atomic E-state index is 0.492. The van der Waals surface area contributed by atoms with E-state index < -0.39 is 0 Å². The summed E-state index contributed by atoms with van der Waals surface area (Å²) in [5.74, 6) is 1.39. The summed E-state index contributed by atoms with van der Waals surface area (Å²) in [7, 11) is 1.77. The van der Waals surface area contributed by atoms with Crippen LogP contribution in [0.25, 0.3) is 0 Å². The summed E-state index contributed by atoms with van der Waals surface area (Å²) in [5.41, 5.74) is 0. The fourth-order valence-electron chi connectivity index (χ4n) is 2.84. The van der Waals surface area contributed by atoms with E-state index in [1.807, 2.05) is 0 Å². The maximum Gasteiger partial charge on any atom is 0.0704 e. The Morgan fingerprint density at radius 3 is 2.89 bits per heavy atom. The molecular formula is C15H30N2O. The summed E-state index contributed by atoms with van der Waals surface area (Å²) < 4.78 is 5.24. The van der Waals surface area contributed by atoms with Crippen molar-refractivity contribution in [3.8, 4) is 0 Å². The molecule has 0 amide bonds. The van der Waals surface area contributed by atoms with Crippen LogP contribution in [0.1, 0.15) is 52.9 Å². The van der Waals surface area contributed by atoms with Gasteiger partial charge in [0.05, 0.1) is 12.6 Å². The van der Waals surface area contributed by atoms with E-state index in [1.165, 1.54) is 32.1 Å². The van der Waals surface area contributed by atoms with Crippen molar-refractivity contribution in [3.63, 3.8) is 0 Å². The lowest BCUT2D eigenvalue weighted by molar-refractivity contribution is 0.118. The van der Waals surface area contributed by atoms with Crippen molar-refractivity contribution >= 4 is 6.21 Å². The van der Waals surface area contributed by atoms with Crippen molar-refractivity contribution in [2.75, 3.05) is 20.3 Å². The average molecular weight is 254 g/mol. The second-order valence-electron chi connectivity index (χ2n) is 5.79. The molecule has 1 aliphatic rings. The Bertz CT molecular complexity index is 243. The van der Waals surface area contributed by atoms with Crippen molar-refractivity contribution in [2.45, 2.75) is 58.9 Å². The van der Waals surface area contributed by atoms with Crippen molar-refractivity contribution in [2.24, 2.45) is 16.9 Å². The highest BCUT2D eigenvalue weighted by atomic mass is 16.5. The molecule has 0 aliphatic carbocycles. The van der Waals surface area contributed by atoms with Gasteiger partial charge in [-0.05, 0) is 31.1 Å². The molecule has 0 N–H and O–H groups in total. The van der Waals surface area contributed by atoms with Gasteiger partial charge < -0.3 is 4.74 Å². The molecule has 0 aromatic rings. The first-order valence-electron chi connectivity index (χ1n) is 7.47. The van der Waals surface area contributed by atoms with Gasteiger partial charge in [0.15, 0.2) is 0 Å². The molecule has 106 valence electrons. The van der Waals surface area contributed by atoms with Gasteiger partial charge in [-0.15, -0.1) is 0 Å². The second kappa shape index (κ2) is 8.52. The maximum atomic E-state index is 5.24. The zero-order chi connectivity index (χ0) is 13.4. The Labute approximate surface area is 113 Å². The predicted molar refractivity (Wildman–Crippen MR) is 77.9 cm³/mol. The molecule has 0 unspecified atom stereocenters. The van der Waals surface area contributed by atoms with Crippen LogP contribution < -0.4 is 0 Å². The molecule has 18 heavy (non-hydrogen) atoms. The van der Waals surface area contributed by atoms with Crippen LogP contribution in [0, 0.1) is 11.8 Å². The molecule has 1 rings (SSSR count). The Hall–Kier alpha value is -0.570. The fourth-order valence-corrected chi connectivity index (χ4v) is 2.84. The molecule has 1 fully saturated rings. The molecular weight excluding hydrogens is 224 g/mol. The van der Waals surface area contributed by atoms with Crippen LogP contribution in [-0.2, 0) is 4.74 Å². The lowest BCUT2D eigenvalue weighted by Crippen LogP contribution is -2.28. The highest BCUT2D eigenvalue weighted by molar-refractivity contribution is 5.59. The smallest absolute Gasteiger partial charge is 0.0704 e. The van der Waals surface area contributed by atoms with E-state index in [2.05, 4.69) is 37.1 Å². The van der Waals surface area contributed by atoms with Crippen LogP contribution in [0.5, 0.6) is 0 Å². The largest absolute Gasteiger partial charge is 0.382 e. The number of hydrogen-bond donors (Lipinski definition) is 0. The molecule has 0 spiro atoms. The highest BCUT2D eigenvalue weighted by Gasteiger charge is 2.22. The van der Waals surface area contributed by atoms with E-state index in [0.717, 1.165) is 19.1 Å². The van der Waals surface area contributed by atoms with Crippen LogP contribution in [0.15, 0.2) is 5.10 Å². The summed E-state index contributed by atoms with van der Waals surface area (Å²) in [6, 6.07) is 0.492. The second-order valence-corrected chi connectivity index (χ2v) is 5.79. The zero-order valence-electron chi connectivity index (χ0n) is 12.6. The van der Waals surface area contributed by atoms with E-state index >= 15 is 0 Å². The monoisotopic (exact) mass is 254 g/mol. The Morgan fingerprint density at radius 2 is 2.22 bits per heavy atom. The molecule has 0 aromatic heterocycles. The van der Waals surface area contributed by atoms with Gasteiger partial charge in [-0.1, -0.05) is 33.6 Å². The standard InChI is InChI=1S/C15H30N2O/c1-5-7-13(2)10-14(3)11-16-17-9-6-8-15(17)12-18-4/h11,13-15H,5-10,12H2,1-4H3/b16-11+/t13-,14-,15-/m0/s1. The quantitative estimate of drug-likeness (QED) is 0.619. The van der Waals surface area contributed by atoms with Crippen molar-refractivity contribution in [3.05, 3.63) is 0 Å². The van der Waals surface area contributed by atoms with Gasteiger partial charge >= 0.3 is 0 Å². The highest BCUT2D eigenvalue weighted by Crippen LogP contribution is 2.19. The molecule has 3 heteroatoms. The number of rotatable bonds is 8. The van der Waals surface area contributed by atoms with Crippen molar-refractivity contribution in [1.29, 1.82) is 0 Å². The van der Waals surface area contributed by atoms with Crippen molar-refractivity contribution < 1.29 is 4.74 Å². The van der Waals surface area contributed by atoms with Crippen LogP contribution in [0.2, 0.25) is 0 Å². The summed E-state index contributed by atoms with van der Waals surface area (Å²) in [5, 5.41) is 6.88. The summed E-state index contributed by atoms with van der Waals surface area (Å²) in [6.07, 6.45) is 8.46. The summed E-state index contributed by atoms with van der Waals surface area (Å²) in [6.45, 7) is 8.77. The number of hydrazone groups is 1. The molecule has 0 radical (unpaired) electrons. The molecule has 0 saturated carbocycles. The molecule has 0 bridgehead atoms. The molecule has 1 heterocycles. The fraction of sp³-hybridized carbons (Fsp3) is 0.933. The first kappa shape index (κ1) is 15.5. The first-order valence-corrected chi connectivity index (χ1v) is 7.47. The van der Waals surface area contributed by atoms with Gasteiger partial charge in [-0.25, -0.2) is 0 Å². The average Bonchev–Trinajstić information content (AvgIpc) is 2.75. The Kier molecular flexibility index (Phi) is 7.33. The zero-order valence-corrected chi connectivity index (χ0v) is 12.6. The van der Waals surface area contributed by atoms with Gasteiger partial charge in [0.2, 0.25) is 0 Å². The topological polar surface area (TPSA) is 24.8 Å². The normalized spacial score (nSPS) is 23.8. The van der Waals surface area contributed by atoms with Crippen LogP contribution in [0.4, 0.5) is 0 Å². The third-order valence-corrected chi connectivity index (χ3v) is 3.73. The Balaban J connectivity index is 2.33. The number of nitrogens with zero attached hydrogens (tertiary/aromatic N) is 2. The SMILES string of the molecule is CCC[C@H](C)C[C@H](C)/C=N/N1CCC[C@H]1COC.